The van der Waals surface area contributed by atoms with Crippen molar-refractivity contribution >= 4 is 40.7 Å². The highest BCUT2D eigenvalue weighted by Gasteiger charge is 2.35. The van der Waals surface area contributed by atoms with E-state index in [9.17, 15) is 9.59 Å². The fraction of sp³-hybridized carbons (Fsp3) is 0.129. The van der Waals surface area contributed by atoms with Crippen LogP contribution in [-0.2, 0) is 9.53 Å². The van der Waals surface area contributed by atoms with Crippen LogP contribution in [-0.4, -0.2) is 23.8 Å². The predicted molar refractivity (Wildman–Crippen MR) is 155 cm³/mol. The Morgan fingerprint density at radius 1 is 1.10 bits per heavy atom. The summed E-state index contributed by atoms with van der Waals surface area (Å²) in [5, 5.41) is 0.512. The third kappa shape index (κ3) is 5.37. The Morgan fingerprint density at radius 3 is 2.51 bits per heavy atom. The van der Waals surface area contributed by atoms with Crippen molar-refractivity contribution in [2.45, 2.75) is 13.0 Å². The van der Waals surface area contributed by atoms with Crippen LogP contribution in [0.2, 0.25) is 5.02 Å². The standard InChI is InChI=1S/C31H25ClN2O4S/c1-3-17-38-24-16-15-23(32)18-22(24)19-25-29(35)34-28(21-13-9-6-10-14-21)26(30(36)37-4-2)27(33-31(34)39-25)20-11-7-5-8-12-20/h3,5-16,18-19,28H,1,4,17H2,2H3/b25-19-/t28-/m1/s1. The molecule has 196 valence electrons. The first kappa shape index (κ1) is 26.4. The summed E-state index contributed by atoms with van der Waals surface area (Å²) in [6.45, 7) is 5.96. The van der Waals surface area contributed by atoms with Crippen molar-refractivity contribution in [3.63, 3.8) is 0 Å². The van der Waals surface area contributed by atoms with Crippen molar-refractivity contribution < 1.29 is 14.3 Å². The van der Waals surface area contributed by atoms with Crippen LogP contribution in [0.3, 0.4) is 0 Å². The number of benzene rings is 3. The number of halogens is 1. The fourth-order valence-electron chi connectivity index (χ4n) is 4.44. The molecule has 0 radical (unpaired) electrons. The summed E-state index contributed by atoms with van der Waals surface area (Å²) in [4.78, 5) is 32.8. The van der Waals surface area contributed by atoms with Gasteiger partial charge in [0.05, 0.1) is 28.5 Å². The molecular formula is C31H25ClN2O4S. The van der Waals surface area contributed by atoms with E-state index in [1.54, 1.807) is 41.8 Å². The van der Waals surface area contributed by atoms with Gasteiger partial charge < -0.3 is 9.47 Å². The van der Waals surface area contributed by atoms with Gasteiger partial charge in [0.1, 0.15) is 12.4 Å². The van der Waals surface area contributed by atoms with Gasteiger partial charge >= 0.3 is 5.97 Å². The molecule has 0 aliphatic carbocycles. The van der Waals surface area contributed by atoms with E-state index in [4.69, 9.17) is 26.1 Å². The number of carbonyl (C=O) groups excluding carboxylic acids is 1. The van der Waals surface area contributed by atoms with Crippen molar-refractivity contribution in [2.75, 3.05) is 13.2 Å². The van der Waals surface area contributed by atoms with Gasteiger partial charge in [0, 0.05) is 16.1 Å². The molecule has 0 fully saturated rings. The average Bonchev–Trinajstić information content (AvgIpc) is 3.27. The molecule has 0 amide bonds. The number of thiazole rings is 1. The second kappa shape index (κ2) is 11.7. The van der Waals surface area contributed by atoms with E-state index >= 15 is 0 Å². The zero-order valence-corrected chi connectivity index (χ0v) is 22.7. The van der Waals surface area contributed by atoms with Crippen molar-refractivity contribution in [3.05, 3.63) is 138 Å². The van der Waals surface area contributed by atoms with Gasteiger partial charge in [-0.2, -0.15) is 0 Å². The largest absolute Gasteiger partial charge is 0.489 e. The molecule has 1 aromatic heterocycles. The quantitative estimate of drug-likeness (QED) is 0.222. The van der Waals surface area contributed by atoms with E-state index in [1.807, 2.05) is 60.7 Å². The van der Waals surface area contributed by atoms with Gasteiger partial charge in [-0.15, -0.1) is 0 Å². The number of fused-ring (bicyclic) bond motifs is 1. The van der Waals surface area contributed by atoms with Gasteiger partial charge in [0.25, 0.3) is 5.56 Å². The minimum atomic E-state index is -0.727. The van der Waals surface area contributed by atoms with Crippen molar-refractivity contribution in [2.24, 2.45) is 4.99 Å². The SMILES string of the molecule is C=CCOc1ccc(Cl)cc1/C=c1\sc2n(c1=O)[C@H](c1ccccc1)C(C(=O)OCC)=C(c1ccccc1)N=2. The first-order valence-electron chi connectivity index (χ1n) is 12.4. The maximum absolute atomic E-state index is 14.0. The van der Waals surface area contributed by atoms with Crippen LogP contribution in [0.5, 0.6) is 5.75 Å². The molecule has 1 atom stereocenters. The Bertz CT molecular complexity index is 1740. The summed E-state index contributed by atoms with van der Waals surface area (Å²) in [5.74, 6) is 0.0557. The third-order valence-corrected chi connectivity index (χ3v) is 7.32. The maximum Gasteiger partial charge on any atom is 0.338 e. The van der Waals surface area contributed by atoms with Crippen molar-refractivity contribution in [1.29, 1.82) is 0 Å². The van der Waals surface area contributed by atoms with Gasteiger partial charge in [-0.25, -0.2) is 9.79 Å². The lowest BCUT2D eigenvalue weighted by atomic mass is 9.93. The van der Waals surface area contributed by atoms with Crippen LogP contribution in [0.4, 0.5) is 0 Å². The van der Waals surface area contributed by atoms with Crippen LogP contribution < -0.4 is 19.6 Å². The molecule has 0 saturated heterocycles. The topological polar surface area (TPSA) is 69.9 Å². The number of ether oxygens (including phenoxy) is 2. The molecule has 0 bridgehead atoms. The molecular weight excluding hydrogens is 532 g/mol. The molecule has 1 aliphatic rings. The summed E-state index contributed by atoms with van der Waals surface area (Å²) < 4.78 is 13.3. The van der Waals surface area contributed by atoms with E-state index in [1.165, 1.54) is 11.3 Å². The first-order valence-corrected chi connectivity index (χ1v) is 13.6. The lowest BCUT2D eigenvalue weighted by Crippen LogP contribution is -2.40. The Labute approximate surface area is 234 Å². The molecule has 2 heterocycles. The van der Waals surface area contributed by atoms with Crippen molar-refractivity contribution in [1.82, 2.24) is 4.57 Å². The molecule has 8 heteroatoms. The number of nitrogens with zero attached hydrogens (tertiary/aromatic N) is 2. The second-order valence-electron chi connectivity index (χ2n) is 8.62. The third-order valence-electron chi connectivity index (χ3n) is 6.10. The predicted octanol–water partition coefficient (Wildman–Crippen LogP) is 5.15. The lowest BCUT2D eigenvalue weighted by molar-refractivity contribution is -0.138. The molecule has 4 aromatic rings. The molecule has 1 aliphatic heterocycles. The second-order valence-corrected chi connectivity index (χ2v) is 10.1. The van der Waals surface area contributed by atoms with Gasteiger partial charge in [0.15, 0.2) is 4.80 Å². The van der Waals surface area contributed by atoms with Gasteiger partial charge in [-0.05, 0) is 36.8 Å². The summed E-state index contributed by atoms with van der Waals surface area (Å²) >= 11 is 7.52. The van der Waals surface area contributed by atoms with E-state index in [-0.39, 0.29) is 12.2 Å². The monoisotopic (exact) mass is 556 g/mol. The number of aromatic nitrogens is 1. The molecule has 6 nitrogen and oxygen atoms in total. The highest BCUT2D eigenvalue weighted by atomic mass is 35.5. The Balaban J connectivity index is 1.80. The van der Waals surface area contributed by atoms with Crippen LogP contribution in [0.1, 0.15) is 29.7 Å². The summed E-state index contributed by atoms with van der Waals surface area (Å²) in [6.07, 6.45) is 3.39. The minimum absolute atomic E-state index is 0.193. The lowest BCUT2D eigenvalue weighted by Gasteiger charge is -2.25. The Hall–Kier alpha value is -4.20. The smallest absolute Gasteiger partial charge is 0.338 e. The maximum atomic E-state index is 14.0. The molecule has 0 unspecified atom stereocenters. The van der Waals surface area contributed by atoms with E-state index in [0.717, 1.165) is 11.1 Å². The fourth-order valence-corrected chi connectivity index (χ4v) is 5.62. The van der Waals surface area contributed by atoms with Gasteiger partial charge in [-0.3, -0.25) is 9.36 Å². The zero-order valence-electron chi connectivity index (χ0n) is 21.2. The summed E-state index contributed by atoms with van der Waals surface area (Å²) in [7, 11) is 0. The van der Waals surface area contributed by atoms with E-state index < -0.39 is 12.0 Å². The molecule has 5 rings (SSSR count). The average molecular weight is 557 g/mol. The van der Waals surface area contributed by atoms with E-state index in [2.05, 4.69) is 6.58 Å². The van der Waals surface area contributed by atoms with E-state index in [0.29, 0.717) is 43.5 Å². The molecule has 0 N–H and O–H groups in total. The number of carbonyl (C=O) groups is 1. The molecule has 39 heavy (non-hydrogen) atoms. The highest BCUT2D eigenvalue weighted by Crippen LogP contribution is 2.35. The normalized spacial score (nSPS) is 14.9. The number of esters is 1. The molecule has 3 aromatic carbocycles. The van der Waals surface area contributed by atoms with Gasteiger partial charge in [-0.1, -0.05) is 96.3 Å². The Kier molecular flexibility index (Phi) is 7.91. The summed E-state index contributed by atoms with van der Waals surface area (Å²) in [5.41, 5.74) is 2.69. The first-order chi connectivity index (χ1) is 19.0. The number of rotatable bonds is 8. The minimum Gasteiger partial charge on any atom is -0.489 e. The molecule has 0 saturated carbocycles. The van der Waals surface area contributed by atoms with Crippen LogP contribution >= 0.6 is 22.9 Å². The number of hydrogen-bond donors (Lipinski definition) is 0. The van der Waals surface area contributed by atoms with Crippen LogP contribution in [0.15, 0.2) is 107 Å². The zero-order chi connectivity index (χ0) is 27.4. The van der Waals surface area contributed by atoms with Gasteiger partial charge in [0.2, 0.25) is 0 Å². The number of hydrogen-bond acceptors (Lipinski definition) is 6. The Morgan fingerprint density at radius 2 is 1.82 bits per heavy atom. The highest BCUT2D eigenvalue weighted by molar-refractivity contribution is 7.07. The summed E-state index contributed by atoms with van der Waals surface area (Å²) in [6, 6.07) is 23.4. The molecule has 0 spiro atoms. The van der Waals surface area contributed by atoms with Crippen LogP contribution in [0, 0.1) is 0 Å². The van der Waals surface area contributed by atoms with Crippen LogP contribution in [0.25, 0.3) is 11.8 Å². The van der Waals surface area contributed by atoms with Crippen molar-refractivity contribution in [3.8, 4) is 5.75 Å².